The van der Waals surface area contributed by atoms with E-state index in [1.807, 2.05) is 216 Å². The quantitative estimate of drug-likeness (QED) is 0.137. The lowest BCUT2D eigenvalue weighted by atomic mass is 10.1. The molecule has 0 aliphatic rings. The summed E-state index contributed by atoms with van der Waals surface area (Å²) < 4.78 is 58.2. The normalized spacial score (nSPS) is 12.3. The number of hydrogen-bond donors (Lipinski definition) is 1. The van der Waals surface area contributed by atoms with Gasteiger partial charge in [0.1, 0.15) is 12.5 Å². The molecule has 0 atom stereocenters. The lowest BCUT2D eigenvalue weighted by Gasteiger charge is -2.30. The van der Waals surface area contributed by atoms with Crippen molar-refractivity contribution in [2.75, 3.05) is 20.0 Å². The van der Waals surface area contributed by atoms with E-state index in [2.05, 4.69) is 20.2 Å². The van der Waals surface area contributed by atoms with E-state index in [0.29, 0.717) is 60.0 Å². The van der Waals surface area contributed by atoms with Gasteiger partial charge in [0.15, 0.2) is 0 Å². The Bertz CT molecular complexity index is 3930. The summed E-state index contributed by atoms with van der Waals surface area (Å²) in [6.07, 6.45) is 5.76. The Morgan fingerprint density at radius 2 is 0.733 bits per heavy atom. The fourth-order valence-corrected chi connectivity index (χ4v) is 9.11. The van der Waals surface area contributed by atoms with Gasteiger partial charge in [0.05, 0.1) is 54.3 Å². The molecule has 75 heavy (non-hydrogen) atoms. The van der Waals surface area contributed by atoms with Crippen molar-refractivity contribution in [2.24, 2.45) is 0 Å². The molecule has 12 aromatic rings. The van der Waals surface area contributed by atoms with Crippen LogP contribution in [0.2, 0.25) is 15.1 Å². The molecule has 12 rings (SSSR count). The van der Waals surface area contributed by atoms with Gasteiger partial charge in [-0.15, -0.1) is 0 Å². The molecule has 1 N–H and O–H groups in total. The van der Waals surface area contributed by atoms with E-state index in [-0.39, 0.29) is 11.1 Å². The standard InChI is InChI=1S/C32H24ClN3O.C20H14Cl2N2O.C12H11N/c1-23-20-27-30(22-37-32(27)34-21-23)36(26-16-9-4-10-17-26)29-19-11-18-28(31(29)33)35(24-12-5-2-6-13-24)25-14-7-3-8-15-25;1-13-10-15-18(12-25-20(15)23-11-13)24(14-6-3-2-4-7-14)17-9-5-8-16(21)19(17)22;1-3-7-11(8-4-1)13-12-9-5-2-6-10-12/h2-22H,1H3;2-12H,1H3;1-10,13H/i2*1D3;. The third-order valence-electron chi connectivity index (χ3n) is 11.8. The van der Waals surface area contributed by atoms with Gasteiger partial charge in [-0.25, -0.2) is 9.97 Å². The van der Waals surface area contributed by atoms with E-state index < -0.39 is 13.7 Å². The first-order valence-corrected chi connectivity index (χ1v) is 24.8. The molecule has 0 aliphatic heterocycles. The zero-order valence-corrected chi connectivity index (χ0v) is 42.2. The van der Waals surface area contributed by atoms with Crippen LogP contribution in [0.5, 0.6) is 0 Å². The number of aromatic nitrogens is 2. The number of hydrogen-bond acceptors (Lipinski definition) is 8. The van der Waals surface area contributed by atoms with Crippen molar-refractivity contribution < 1.29 is 17.1 Å². The molecule has 0 fully saturated rings. The van der Waals surface area contributed by atoms with E-state index in [1.165, 1.54) is 18.7 Å². The fraction of sp³-hybridized carbons (Fsp3) is 0.0312. The highest BCUT2D eigenvalue weighted by atomic mass is 35.5. The summed E-state index contributed by atoms with van der Waals surface area (Å²) in [6.45, 7) is -4.59. The highest BCUT2D eigenvalue weighted by Gasteiger charge is 2.25. The van der Waals surface area contributed by atoms with E-state index >= 15 is 0 Å². The van der Waals surface area contributed by atoms with E-state index in [4.69, 9.17) is 51.9 Å². The van der Waals surface area contributed by atoms with Crippen LogP contribution in [0.25, 0.3) is 22.2 Å². The third kappa shape index (κ3) is 11.4. The topological polar surface area (TPSA) is 73.8 Å². The third-order valence-corrected chi connectivity index (χ3v) is 13.0. The average Bonchev–Trinajstić information content (AvgIpc) is 4.35. The number of pyridine rings is 2. The second-order valence-corrected chi connectivity index (χ2v) is 17.9. The van der Waals surface area contributed by atoms with Crippen molar-refractivity contribution in [3.8, 4) is 0 Å². The molecule has 0 unspecified atom stereocenters. The number of nitrogens with zero attached hydrogens (tertiary/aromatic N) is 5. The van der Waals surface area contributed by atoms with Crippen LogP contribution in [-0.4, -0.2) is 9.97 Å². The summed E-state index contributed by atoms with van der Waals surface area (Å²) >= 11 is 20.0. The summed E-state index contributed by atoms with van der Waals surface area (Å²) in [5, 5.41) is 5.73. The monoisotopic (exact) mass is 1040 g/mol. The minimum absolute atomic E-state index is 0.132. The Labute approximate surface area is 459 Å². The SMILES string of the molecule is [2H]C([2H])([2H])c1cnc2occ(N(c3ccccc3)c3cccc(Cl)c3Cl)c2c1.[2H]C([2H])([2H])c1cnc2occ(N(c3ccccc3)c3cccc(N(c4ccccc4)c4ccccc4)c3Cl)c2c1.c1ccc(Nc2ccccc2)cc1. The molecule has 0 radical (unpaired) electrons. The Morgan fingerprint density at radius 3 is 1.13 bits per heavy atom. The van der Waals surface area contributed by atoms with Crippen molar-refractivity contribution in [3.05, 3.63) is 282 Å². The summed E-state index contributed by atoms with van der Waals surface area (Å²) in [5.41, 5.74) is 10.1. The lowest BCUT2D eigenvalue weighted by molar-refractivity contribution is 0.603. The maximum Gasteiger partial charge on any atom is 0.228 e. The Morgan fingerprint density at radius 1 is 0.387 bits per heavy atom. The van der Waals surface area contributed by atoms with Gasteiger partial charge in [-0.1, -0.05) is 156 Å². The zero-order chi connectivity index (χ0) is 56.5. The Hall–Kier alpha value is -8.79. The second kappa shape index (κ2) is 23.4. The zero-order valence-electron chi connectivity index (χ0n) is 45.9. The summed E-state index contributed by atoms with van der Waals surface area (Å²) in [5.74, 6) is 0. The molecular weight excluding hydrogens is 991 g/mol. The largest absolute Gasteiger partial charge is 0.444 e. The van der Waals surface area contributed by atoms with Crippen molar-refractivity contribution in [2.45, 2.75) is 13.7 Å². The number of nitrogens with one attached hydrogen (secondary N) is 1. The van der Waals surface area contributed by atoms with Crippen LogP contribution in [0.4, 0.5) is 62.6 Å². The van der Waals surface area contributed by atoms with Crippen LogP contribution in [-0.2, 0) is 0 Å². The lowest BCUT2D eigenvalue weighted by Crippen LogP contribution is -2.14. The van der Waals surface area contributed by atoms with Gasteiger partial charge in [-0.05, 0) is 134 Å². The number of aryl methyl sites for hydroxylation is 2. The molecular formula is C64H49Cl3N6O2. The highest BCUT2D eigenvalue weighted by Crippen LogP contribution is 2.48. The van der Waals surface area contributed by atoms with Crippen LogP contribution in [0.1, 0.15) is 19.4 Å². The average molecular weight is 1050 g/mol. The minimum atomic E-state index is -2.31. The number of fused-ring (bicyclic) bond motifs is 2. The summed E-state index contributed by atoms with van der Waals surface area (Å²) in [7, 11) is 0. The van der Waals surface area contributed by atoms with Gasteiger partial charge in [0.2, 0.25) is 11.4 Å². The Kier molecular flexibility index (Phi) is 13.3. The van der Waals surface area contributed by atoms with Crippen LogP contribution in [0.15, 0.2) is 264 Å². The van der Waals surface area contributed by atoms with Crippen LogP contribution < -0.4 is 20.0 Å². The number of anilines is 11. The van der Waals surface area contributed by atoms with Gasteiger partial charge in [0, 0.05) is 54.7 Å². The smallest absolute Gasteiger partial charge is 0.228 e. The fourth-order valence-electron chi connectivity index (χ4n) is 8.44. The highest BCUT2D eigenvalue weighted by molar-refractivity contribution is 6.44. The summed E-state index contributed by atoms with van der Waals surface area (Å²) in [4.78, 5) is 14.4. The van der Waals surface area contributed by atoms with Crippen LogP contribution >= 0.6 is 34.8 Å². The molecule has 0 spiro atoms. The maximum atomic E-state index is 7.90. The molecule has 0 amide bonds. The molecule has 4 aromatic heterocycles. The molecule has 368 valence electrons. The van der Waals surface area contributed by atoms with E-state index in [0.717, 1.165) is 39.8 Å². The second-order valence-electron chi connectivity index (χ2n) is 16.8. The minimum Gasteiger partial charge on any atom is -0.444 e. The maximum absolute atomic E-state index is 7.90. The van der Waals surface area contributed by atoms with Crippen molar-refractivity contribution in [3.63, 3.8) is 0 Å². The molecule has 4 heterocycles. The number of para-hydroxylation sites is 6. The number of benzene rings is 8. The Balaban J connectivity index is 0.000000155. The number of halogens is 3. The first kappa shape index (κ1) is 42.7. The van der Waals surface area contributed by atoms with Crippen molar-refractivity contribution in [1.82, 2.24) is 9.97 Å². The molecule has 0 saturated heterocycles. The van der Waals surface area contributed by atoms with Crippen molar-refractivity contribution >= 4 is 120 Å². The van der Waals surface area contributed by atoms with E-state index in [9.17, 15) is 0 Å². The van der Waals surface area contributed by atoms with Gasteiger partial charge < -0.3 is 28.9 Å². The molecule has 8 nitrogen and oxygen atoms in total. The number of furan rings is 2. The first-order valence-electron chi connectivity index (χ1n) is 26.7. The van der Waals surface area contributed by atoms with E-state index in [1.54, 1.807) is 30.5 Å². The number of rotatable bonds is 11. The van der Waals surface area contributed by atoms with Gasteiger partial charge in [0.25, 0.3) is 0 Å². The molecule has 8 aromatic carbocycles. The summed E-state index contributed by atoms with van der Waals surface area (Å²) in [6, 6.07) is 74.1. The predicted molar refractivity (Wildman–Crippen MR) is 313 cm³/mol. The van der Waals surface area contributed by atoms with Crippen LogP contribution in [0, 0.1) is 13.7 Å². The van der Waals surface area contributed by atoms with Gasteiger partial charge >= 0.3 is 0 Å². The molecule has 0 bridgehead atoms. The molecule has 0 saturated carbocycles. The van der Waals surface area contributed by atoms with Crippen molar-refractivity contribution in [1.29, 1.82) is 0 Å². The molecule has 11 heteroatoms. The predicted octanol–water partition coefficient (Wildman–Crippen LogP) is 20.1. The van der Waals surface area contributed by atoms with Crippen LogP contribution in [0.3, 0.4) is 0 Å². The van der Waals surface area contributed by atoms with Gasteiger partial charge in [-0.3, -0.25) is 0 Å². The van der Waals surface area contributed by atoms with Gasteiger partial charge in [-0.2, -0.15) is 0 Å². The first-order chi connectivity index (χ1) is 39.2. The molecule has 0 aliphatic carbocycles.